The maximum Gasteiger partial charge on any atom is 0.243 e. The van der Waals surface area contributed by atoms with Crippen molar-refractivity contribution in [2.24, 2.45) is 5.73 Å². The fourth-order valence-corrected chi connectivity index (χ4v) is 1.06. The molecule has 1 aromatic heterocycles. The first-order valence-corrected chi connectivity index (χ1v) is 4.78. The predicted molar refractivity (Wildman–Crippen MR) is 59.7 cm³/mol. The maximum absolute atomic E-state index is 10.4. The van der Waals surface area contributed by atoms with Crippen LogP contribution in [0.1, 0.15) is 5.56 Å². The highest BCUT2D eigenvalue weighted by atomic mass is 16.5. The second-order valence-electron chi connectivity index (χ2n) is 3.18. The normalized spacial score (nSPS) is 10.1. The van der Waals surface area contributed by atoms with E-state index < -0.39 is 5.91 Å². The molecular formula is C9H15N5O2. The van der Waals surface area contributed by atoms with Gasteiger partial charge in [0, 0.05) is 12.1 Å². The summed E-state index contributed by atoms with van der Waals surface area (Å²) in [5.74, 6) is 0.619. The number of hydrogen-bond donors (Lipinski definition) is 3. The molecule has 0 saturated heterocycles. The summed E-state index contributed by atoms with van der Waals surface area (Å²) in [6.45, 7) is 2.63. The molecule has 0 unspecified atom stereocenters. The lowest BCUT2D eigenvalue weighted by Gasteiger charge is -2.08. The molecule has 0 spiro atoms. The number of carbonyl (C=O) groups excluding carboxylic acids is 1. The van der Waals surface area contributed by atoms with E-state index in [4.69, 9.17) is 16.2 Å². The summed E-state index contributed by atoms with van der Waals surface area (Å²) in [6.07, 6.45) is 1.38. The molecule has 1 rings (SSSR count). The largest absolute Gasteiger partial charge is 0.383 e. The molecule has 0 aliphatic heterocycles. The Hall–Kier alpha value is -1.89. The van der Waals surface area contributed by atoms with Crippen LogP contribution in [-0.4, -0.2) is 35.6 Å². The van der Waals surface area contributed by atoms with E-state index in [9.17, 15) is 4.79 Å². The summed E-state index contributed by atoms with van der Waals surface area (Å²) in [7, 11) is 0. The lowest BCUT2D eigenvalue weighted by Crippen LogP contribution is -2.21. The van der Waals surface area contributed by atoms with Gasteiger partial charge in [-0.1, -0.05) is 0 Å². The number of nitrogens with zero attached hydrogens (tertiary/aromatic N) is 2. The minimum Gasteiger partial charge on any atom is -0.383 e. The van der Waals surface area contributed by atoms with Gasteiger partial charge in [0.1, 0.15) is 24.6 Å². The number of nitrogens with one attached hydrogen (secondary N) is 1. The fourth-order valence-electron chi connectivity index (χ4n) is 1.06. The zero-order valence-electron chi connectivity index (χ0n) is 9.06. The first-order chi connectivity index (χ1) is 7.61. The van der Waals surface area contributed by atoms with E-state index >= 15 is 0 Å². The highest BCUT2D eigenvalue weighted by Crippen LogP contribution is 2.14. The molecule has 88 valence electrons. The van der Waals surface area contributed by atoms with E-state index in [1.165, 1.54) is 6.33 Å². The second-order valence-corrected chi connectivity index (χ2v) is 3.18. The quantitative estimate of drug-likeness (QED) is 0.550. The van der Waals surface area contributed by atoms with E-state index in [2.05, 4.69) is 15.3 Å². The third-order valence-corrected chi connectivity index (χ3v) is 1.91. The topological polar surface area (TPSA) is 116 Å². The van der Waals surface area contributed by atoms with Crippen molar-refractivity contribution in [1.29, 1.82) is 0 Å². The van der Waals surface area contributed by atoms with Gasteiger partial charge in [0.2, 0.25) is 5.91 Å². The number of ether oxygens (including phenoxy) is 1. The molecule has 0 aromatic carbocycles. The van der Waals surface area contributed by atoms with Gasteiger partial charge in [-0.05, 0) is 6.92 Å². The zero-order valence-corrected chi connectivity index (χ0v) is 9.06. The molecule has 0 aliphatic carbocycles. The molecule has 0 atom stereocenters. The highest BCUT2D eigenvalue weighted by Gasteiger charge is 2.02. The number of anilines is 2. The van der Waals surface area contributed by atoms with Crippen molar-refractivity contribution in [3.05, 3.63) is 11.9 Å². The summed E-state index contributed by atoms with van der Waals surface area (Å²) >= 11 is 0. The van der Waals surface area contributed by atoms with Gasteiger partial charge in [0.05, 0.1) is 6.61 Å². The van der Waals surface area contributed by atoms with Crippen LogP contribution in [0.4, 0.5) is 11.6 Å². The van der Waals surface area contributed by atoms with Gasteiger partial charge in [-0.3, -0.25) is 4.79 Å². The van der Waals surface area contributed by atoms with Crippen molar-refractivity contribution >= 4 is 17.5 Å². The summed E-state index contributed by atoms with van der Waals surface area (Å²) < 4.78 is 4.98. The van der Waals surface area contributed by atoms with Gasteiger partial charge in [0.15, 0.2) is 0 Å². The van der Waals surface area contributed by atoms with Gasteiger partial charge in [-0.15, -0.1) is 0 Å². The molecule has 0 aliphatic rings. The molecule has 5 N–H and O–H groups in total. The van der Waals surface area contributed by atoms with Gasteiger partial charge in [0.25, 0.3) is 0 Å². The van der Waals surface area contributed by atoms with Crippen molar-refractivity contribution < 1.29 is 9.53 Å². The van der Waals surface area contributed by atoms with Crippen LogP contribution in [-0.2, 0) is 9.53 Å². The van der Waals surface area contributed by atoms with E-state index in [0.29, 0.717) is 24.8 Å². The van der Waals surface area contributed by atoms with Crippen LogP contribution in [0, 0.1) is 6.92 Å². The fraction of sp³-hybridized carbons (Fsp3) is 0.444. The minimum absolute atomic E-state index is 0.0768. The number of primary amides is 1. The average molecular weight is 225 g/mol. The summed E-state index contributed by atoms with van der Waals surface area (Å²) in [5, 5.41) is 3.02. The van der Waals surface area contributed by atoms with Crippen molar-refractivity contribution in [2.45, 2.75) is 6.92 Å². The van der Waals surface area contributed by atoms with Gasteiger partial charge in [-0.25, -0.2) is 9.97 Å². The van der Waals surface area contributed by atoms with Gasteiger partial charge < -0.3 is 21.5 Å². The van der Waals surface area contributed by atoms with Gasteiger partial charge in [-0.2, -0.15) is 0 Å². The maximum atomic E-state index is 10.4. The lowest BCUT2D eigenvalue weighted by molar-refractivity contribution is -0.122. The van der Waals surface area contributed by atoms with E-state index in [1.54, 1.807) is 0 Å². The second kappa shape index (κ2) is 5.86. The van der Waals surface area contributed by atoms with E-state index in [1.807, 2.05) is 6.92 Å². The van der Waals surface area contributed by atoms with Crippen LogP contribution in [0.3, 0.4) is 0 Å². The van der Waals surface area contributed by atoms with Crippen LogP contribution in [0.25, 0.3) is 0 Å². The zero-order chi connectivity index (χ0) is 12.0. The van der Waals surface area contributed by atoms with Crippen molar-refractivity contribution in [3.63, 3.8) is 0 Å². The standard InChI is InChI=1S/C9H15N5O2/c1-6-8(11)13-5-14-9(6)12-2-3-16-4-7(10)15/h5H,2-4H2,1H3,(H2,10,15)(H3,11,12,13,14). The van der Waals surface area contributed by atoms with Crippen molar-refractivity contribution in [3.8, 4) is 0 Å². The smallest absolute Gasteiger partial charge is 0.243 e. The van der Waals surface area contributed by atoms with Crippen LogP contribution >= 0.6 is 0 Å². The first kappa shape index (κ1) is 12.2. The van der Waals surface area contributed by atoms with Crippen LogP contribution in [0.15, 0.2) is 6.33 Å². The Morgan fingerprint density at radius 2 is 2.31 bits per heavy atom. The van der Waals surface area contributed by atoms with Crippen LogP contribution in [0.2, 0.25) is 0 Å². The Balaban J connectivity index is 2.32. The van der Waals surface area contributed by atoms with Crippen LogP contribution in [0.5, 0.6) is 0 Å². The summed E-state index contributed by atoms with van der Waals surface area (Å²) in [4.78, 5) is 18.2. The third-order valence-electron chi connectivity index (χ3n) is 1.91. The SMILES string of the molecule is Cc1c(N)ncnc1NCCOCC(N)=O. The molecule has 0 saturated carbocycles. The Kier molecular flexibility index (Phi) is 4.46. The van der Waals surface area contributed by atoms with E-state index in [0.717, 1.165) is 5.56 Å². The summed E-state index contributed by atoms with van der Waals surface area (Å²) in [5.41, 5.74) is 11.3. The van der Waals surface area contributed by atoms with Crippen LogP contribution < -0.4 is 16.8 Å². The summed E-state index contributed by atoms with van der Waals surface area (Å²) in [6, 6.07) is 0. The first-order valence-electron chi connectivity index (χ1n) is 4.78. The molecule has 0 fully saturated rings. The Morgan fingerprint density at radius 3 is 3.00 bits per heavy atom. The Morgan fingerprint density at radius 1 is 1.56 bits per heavy atom. The minimum atomic E-state index is -0.484. The van der Waals surface area contributed by atoms with Crippen molar-refractivity contribution in [1.82, 2.24) is 9.97 Å². The monoisotopic (exact) mass is 225 g/mol. The van der Waals surface area contributed by atoms with Gasteiger partial charge >= 0.3 is 0 Å². The number of nitrogen functional groups attached to an aromatic ring is 1. The molecule has 7 heteroatoms. The van der Waals surface area contributed by atoms with Crippen molar-refractivity contribution in [2.75, 3.05) is 30.8 Å². The Bertz CT molecular complexity index is 369. The predicted octanol–water partition coefficient (Wildman–Crippen LogP) is -0.719. The Labute approximate surface area is 93.2 Å². The molecule has 1 heterocycles. The lowest BCUT2D eigenvalue weighted by atomic mass is 10.3. The number of carbonyl (C=O) groups is 1. The molecule has 1 amide bonds. The highest BCUT2D eigenvalue weighted by molar-refractivity contribution is 5.74. The molecule has 7 nitrogen and oxygen atoms in total. The molecule has 0 bridgehead atoms. The van der Waals surface area contributed by atoms with E-state index in [-0.39, 0.29) is 6.61 Å². The third kappa shape index (κ3) is 3.70. The molecular weight excluding hydrogens is 210 g/mol. The number of nitrogens with two attached hydrogens (primary N) is 2. The average Bonchev–Trinajstić information content (AvgIpc) is 2.23. The molecule has 1 aromatic rings. The molecule has 0 radical (unpaired) electrons. The number of aromatic nitrogens is 2. The number of rotatable bonds is 6. The number of hydrogen-bond acceptors (Lipinski definition) is 6. The molecule has 16 heavy (non-hydrogen) atoms. The number of amides is 1.